The fourth-order valence-corrected chi connectivity index (χ4v) is 3.02. The monoisotopic (exact) mass is 354 g/mol. The highest BCUT2D eigenvalue weighted by Gasteiger charge is 2.17. The van der Waals surface area contributed by atoms with Crippen LogP contribution in [0.4, 0.5) is 0 Å². The lowest BCUT2D eigenvalue weighted by Crippen LogP contribution is -2.13. The highest BCUT2D eigenvalue weighted by atomic mass is 32.2. The highest BCUT2D eigenvalue weighted by molar-refractivity contribution is 7.99. The molecule has 0 saturated carbocycles. The Kier molecular flexibility index (Phi) is 5.45. The van der Waals surface area contributed by atoms with Gasteiger partial charge in [0, 0.05) is 23.6 Å². The average Bonchev–Trinajstić information content (AvgIpc) is 3.05. The number of pyridine rings is 1. The minimum absolute atomic E-state index is 0.132. The van der Waals surface area contributed by atoms with E-state index in [4.69, 9.17) is 4.74 Å². The molecule has 128 valence electrons. The maximum absolute atomic E-state index is 11.8. The van der Waals surface area contributed by atoms with E-state index in [1.807, 2.05) is 60.9 Å². The van der Waals surface area contributed by atoms with Crippen LogP contribution in [0.1, 0.15) is 13.8 Å². The molecule has 25 heavy (non-hydrogen) atoms. The molecule has 0 aliphatic rings. The van der Waals surface area contributed by atoms with Gasteiger partial charge >= 0.3 is 5.97 Å². The van der Waals surface area contributed by atoms with Gasteiger partial charge in [-0.05, 0) is 38.1 Å². The van der Waals surface area contributed by atoms with Crippen LogP contribution in [0.15, 0.2) is 60.0 Å². The van der Waals surface area contributed by atoms with E-state index in [1.165, 1.54) is 11.8 Å². The van der Waals surface area contributed by atoms with Crippen LogP contribution in [0.3, 0.4) is 0 Å². The molecule has 2 heterocycles. The molecule has 3 rings (SSSR count). The van der Waals surface area contributed by atoms with Gasteiger partial charge in [0.2, 0.25) is 0 Å². The SMILES string of the molecule is CC(C)OC(=O)CSc1nnc(-c2ccncc2)n1-c1ccccc1. The summed E-state index contributed by atoms with van der Waals surface area (Å²) in [6, 6.07) is 13.6. The molecule has 0 fully saturated rings. The molecular formula is C18H18N4O2S. The fraction of sp³-hybridized carbons (Fsp3) is 0.222. The number of nitrogens with zero attached hydrogens (tertiary/aromatic N) is 4. The van der Waals surface area contributed by atoms with Gasteiger partial charge in [-0.3, -0.25) is 14.3 Å². The lowest BCUT2D eigenvalue weighted by molar-refractivity contribution is -0.144. The number of carbonyl (C=O) groups excluding carboxylic acids is 1. The van der Waals surface area contributed by atoms with E-state index < -0.39 is 0 Å². The summed E-state index contributed by atoms with van der Waals surface area (Å²) in [7, 11) is 0. The van der Waals surface area contributed by atoms with E-state index >= 15 is 0 Å². The van der Waals surface area contributed by atoms with Crippen LogP contribution in [0.2, 0.25) is 0 Å². The molecule has 3 aromatic rings. The minimum Gasteiger partial charge on any atom is -0.462 e. The highest BCUT2D eigenvalue weighted by Crippen LogP contribution is 2.27. The first-order valence-corrected chi connectivity index (χ1v) is 8.87. The molecule has 0 amide bonds. The number of carbonyl (C=O) groups is 1. The van der Waals surface area contributed by atoms with Crippen molar-refractivity contribution in [2.75, 3.05) is 5.75 Å². The summed E-state index contributed by atoms with van der Waals surface area (Å²) in [6.45, 7) is 3.66. The van der Waals surface area contributed by atoms with E-state index in [0.717, 1.165) is 11.3 Å². The summed E-state index contributed by atoms with van der Waals surface area (Å²) in [5.74, 6) is 0.612. The zero-order valence-corrected chi connectivity index (χ0v) is 14.8. The van der Waals surface area contributed by atoms with Crippen LogP contribution in [0.25, 0.3) is 17.1 Å². The van der Waals surface area contributed by atoms with Crippen molar-refractivity contribution in [3.63, 3.8) is 0 Å². The third-order valence-corrected chi connectivity index (χ3v) is 4.18. The van der Waals surface area contributed by atoms with Gasteiger partial charge in [-0.15, -0.1) is 10.2 Å². The van der Waals surface area contributed by atoms with Crippen molar-refractivity contribution in [3.05, 3.63) is 54.9 Å². The molecule has 0 N–H and O–H groups in total. The fourth-order valence-electron chi connectivity index (χ4n) is 2.28. The number of esters is 1. The molecule has 0 saturated heterocycles. The van der Waals surface area contributed by atoms with Gasteiger partial charge in [0.05, 0.1) is 11.9 Å². The first-order chi connectivity index (χ1) is 12.1. The van der Waals surface area contributed by atoms with Crippen LogP contribution in [0.5, 0.6) is 0 Å². The minimum atomic E-state index is -0.270. The van der Waals surface area contributed by atoms with E-state index in [9.17, 15) is 4.79 Å². The number of ether oxygens (including phenoxy) is 1. The molecular weight excluding hydrogens is 336 g/mol. The Morgan fingerprint density at radius 3 is 2.52 bits per heavy atom. The van der Waals surface area contributed by atoms with Gasteiger partial charge in [-0.2, -0.15) is 0 Å². The zero-order chi connectivity index (χ0) is 17.6. The zero-order valence-electron chi connectivity index (χ0n) is 14.0. The molecule has 0 spiro atoms. The Balaban J connectivity index is 1.94. The van der Waals surface area contributed by atoms with Crippen molar-refractivity contribution in [3.8, 4) is 17.1 Å². The number of hydrogen-bond donors (Lipinski definition) is 0. The number of benzene rings is 1. The number of para-hydroxylation sites is 1. The Bertz CT molecular complexity index is 835. The quantitative estimate of drug-likeness (QED) is 0.499. The number of hydrogen-bond acceptors (Lipinski definition) is 6. The van der Waals surface area contributed by atoms with Crippen LogP contribution in [-0.4, -0.2) is 37.6 Å². The van der Waals surface area contributed by atoms with E-state index in [-0.39, 0.29) is 17.8 Å². The summed E-state index contributed by atoms with van der Waals surface area (Å²) in [5.41, 5.74) is 1.84. The molecule has 0 aliphatic carbocycles. The van der Waals surface area contributed by atoms with Crippen LogP contribution in [-0.2, 0) is 9.53 Å². The summed E-state index contributed by atoms with van der Waals surface area (Å²) in [5, 5.41) is 9.22. The van der Waals surface area contributed by atoms with E-state index in [0.29, 0.717) is 11.0 Å². The van der Waals surface area contributed by atoms with Gasteiger partial charge in [-0.1, -0.05) is 30.0 Å². The maximum atomic E-state index is 11.8. The summed E-state index contributed by atoms with van der Waals surface area (Å²) in [4.78, 5) is 15.9. The standard InChI is InChI=1S/C18H18N4O2S/c1-13(2)24-16(23)12-25-18-21-20-17(14-8-10-19-11-9-14)22(18)15-6-4-3-5-7-15/h3-11,13H,12H2,1-2H3. The van der Waals surface area contributed by atoms with Gasteiger partial charge < -0.3 is 4.74 Å². The van der Waals surface area contributed by atoms with Crippen molar-refractivity contribution < 1.29 is 9.53 Å². The van der Waals surface area contributed by atoms with Crippen LogP contribution in [0, 0.1) is 0 Å². The second-order valence-electron chi connectivity index (χ2n) is 5.54. The van der Waals surface area contributed by atoms with Crippen LogP contribution < -0.4 is 0 Å². The Hall–Kier alpha value is -2.67. The lowest BCUT2D eigenvalue weighted by Gasteiger charge is -2.11. The van der Waals surface area contributed by atoms with Crippen molar-refractivity contribution >= 4 is 17.7 Å². The third kappa shape index (κ3) is 4.24. The predicted octanol–water partition coefficient (Wildman–Crippen LogP) is 3.37. The van der Waals surface area contributed by atoms with Gasteiger partial charge in [0.25, 0.3) is 0 Å². The van der Waals surface area contributed by atoms with Gasteiger partial charge in [-0.25, -0.2) is 0 Å². The van der Waals surface area contributed by atoms with Gasteiger partial charge in [0.15, 0.2) is 11.0 Å². The number of thioether (sulfide) groups is 1. The number of rotatable bonds is 6. The van der Waals surface area contributed by atoms with Gasteiger partial charge in [0.1, 0.15) is 0 Å². The molecule has 0 bridgehead atoms. The largest absolute Gasteiger partial charge is 0.462 e. The molecule has 6 nitrogen and oxygen atoms in total. The Morgan fingerprint density at radius 2 is 1.84 bits per heavy atom. The number of aromatic nitrogens is 4. The molecule has 7 heteroatoms. The molecule has 0 radical (unpaired) electrons. The molecule has 0 atom stereocenters. The molecule has 0 aliphatic heterocycles. The summed E-state index contributed by atoms with van der Waals surface area (Å²) in [6.07, 6.45) is 3.30. The summed E-state index contributed by atoms with van der Waals surface area (Å²) >= 11 is 1.31. The first kappa shape index (κ1) is 17.2. The van der Waals surface area contributed by atoms with Crippen molar-refractivity contribution in [2.24, 2.45) is 0 Å². The molecule has 2 aromatic heterocycles. The Labute approximate surface area is 150 Å². The van der Waals surface area contributed by atoms with Crippen LogP contribution >= 0.6 is 11.8 Å². The Morgan fingerprint density at radius 1 is 1.12 bits per heavy atom. The van der Waals surface area contributed by atoms with Crippen molar-refractivity contribution in [1.29, 1.82) is 0 Å². The average molecular weight is 354 g/mol. The lowest BCUT2D eigenvalue weighted by atomic mass is 10.2. The van der Waals surface area contributed by atoms with E-state index in [2.05, 4.69) is 15.2 Å². The van der Waals surface area contributed by atoms with E-state index in [1.54, 1.807) is 12.4 Å². The summed E-state index contributed by atoms with van der Waals surface area (Å²) < 4.78 is 7.12. The molecule has 1 aromatic carbocycles. The first-order valence-electron chi connectivity index (χ1n) is 7.88. The predicted molar refractivity (Wildman–Crippen MR) is 96.5 cm³/mol. The van der Waals surface area contributed by atoms with Crippen molar-refractivity contribution in [1.82, 2.24) is 19.7 Å². The maximum Gasteiger partial charge on any atom is 0.316 e. The normalized spacial score (nSPS) is 10.8. The van der Waals surface area contributed by atoms with Crippen molar-refractivity contribution in [2.45, 2.75) is 25.1 Å². The second kappa shape index (κ2) is 7.94. The topological polar surface area (TPSA) is 69.9 Å². The third-order valence-electron chi connectivity index (χ3n) is 3.27. The second-order valence-corrected chi connectivity index (χ2v) is 6.48. The smallest absolute Gasteiger partial charge is 0.316 e. The molecule has 0 unspecified atom stereocenters.